The third-order valence-corrected chi connectivity index (χ3v) is 4.52. The third kappa shape index (κ3) is 2.76. The molecule has 0 bridgehead atoms. The van der Waals surface area contributed by atoms with E-state index in [2.05, 4.69) is 0 Å². The van der Waals surface area contributed by atoms with Gasteiger partial charge in [-0.3, -0.25) is 0 Å². The van der Waals surface area contributed by atoms with E-state index >= 15 is 0 Å². The maximum Gasteiger partial charge on any atom is 0.157 e. The number of quaternary nitrogens is 1. The second kappa shape index (κ2) is 6.05. The van der Waals surface area contributed by atoms with Crippen LogP contribution in [0, 0.1) is 6.92 Å². The molecule has 0 fully saturated rings. The van der Waals surface area contributed by atoms with Crippen molar-refractivity contribution in [3.05, 3.63) is 52.6 Å². The van der Waals surface area contributed by atoms with Crippen LogP contribution in [0.5, 0.6) is 17.2 Å². The number of methoxy groups -OCH3 is 1. The minimum absolute atomic E-state index is 0.218. The fourth-order valence-electron chi connectivity index (χ4n) is 3.29. The van der Waals surface area contributed by atoms with E-state index in [4.69, 9.17) is 4.74 Å². The SMILES string of the molecule is COc1ccc([C@H]2[NH2+][C@@H](C(=O)[O-])Cc3cc(O)c(O)cc32)cc1C. The molecule has 126 valence electrons. The number of hydrogen-bond acceptors (Lipinski definition) is 5. The van der Waals surface area contributed by atoms with Crippen molar-refractivity contribution in [2.24, 2.45) is 0 Å². The van der Waals surface area contributed by atoms with Crippen molar-refractivity contribution < 1.29 is 30.2 Å². The van der Waals surface area contributed by atoms with E-state index in [1.165, 1.54) is 12.1 Å². The predicted octanol–water partition coefficient (Wildman–Crippen LogP) is -0.258. The van der Waals surface area contributed by atoms with Gasteiger partial charge in [0.15, 0.2) is 11.5 Å². The molecule has 0 unspecified atom stereocenters. The van der Waals surface area contributed by atoms with Gasteiger partial charge in [-0.1, -0.05) is 0 Å². The number of carbonyl (C=O) groups excluding carboxylic acids is 1. The third-order valence-electron chi connectivity index (χ3n) is 4.52. The van der Waals surface area contributed by atoms with Crippen molar-refractivity contribution in [1.29, 1.82) is 0 Å². The molecule has 2 aromatic rings. The number of aromatic hydroxyl groups is 2. The van der Waals surface area contributed by atoms with E-state index < -0.39 is 12.0 Å². The molecule has 24 heavy (non-hydrogen) atoms. The Morgan fingerprint density at radius 3 is 2.58 bits per heavy atom. The molecule has 2 atom stereocenters. The average molecular weight is 329 g/mol. The Bertz CT molecular complexity index is 802. The molecule has 0 radical (unpaired) electrons. The summed E-state index contributed by atoms with van der Waals surface area (Å²) in [5.74, 6) is -0.870. The lowest BCUT2D eigenvalue weighted by Gasteiger charge is -2.31. The highest BCUT2D eigenvalue weighted by Crippen LogP contribution is 2.35. The Morgan fingerprint density at radius 1 is 1.25 bits per heavy atom. The molecule has 1 aliphatic heterocycles. The van der Waals surface area contributed by atoms with Crippen LogP contribution in [0.25, 0.3) is 0 Å². The Hall–Kier alpha value is -2.73. The number of aliphatic carboxylic acids is 1. The zero-order valence-electron chi connectivity index (χ0n) is 13.4. The molecule has 1 aliphatic rings. The normalized spacial score (nSPS) is 19.6. The van der Waals surface area contributed by atoms with Gasteiger partial charge in [0, 0.05) is 17.5 Å². The summed E-state index contributed by atoms with van der Waals surface area (Å²) in [6, 6.07) is 7.50. The number of aryl methyl sites for hydroxylation is 1. The lowest BCUT2D eigenvalue weighted by atomic mass is 9.86. The van der Waals surface area contributed by atoms with Gasteiger partial charge in [0.1, 0.15) is 17.8 Å². The maximum absolute atomic E-state index is 11.4. The molecule has 0 spiro atoms. The van der Waals surface area contributed by atoms with Crippen LogP contribution in [-0.4, -0.2) is 29.3 Å². The van der Waals surface area contributed by atoms with Gasteiger partial charge in [-0.05, 0) is 48.4 Å². The molecule has 0 saturated carbocycles. The van der Waals surface area contributed by atoms with Crippen LogP contribution in [0.2, 0.25) is 0 Å². The summed E-state index contributed by atoms with van der Waals surface area (Å²) >= 11 is 0. The summed E-state index contributed by atoms with van der Waals surface area (Å²) in [5, 5.41) is 32.7. The van der Waals surface area contributed by atoms with E-state index in [-0.39, 0.29) is 24.0 Å². The zero-order chi connectivity index (χ0) is 17.4. The van der Waals surface area contributed by atoms with Crippen molar-refractivity contribution in [2.75, 3.05) is 7.11 Å². The van der Waals surface area contributed by atoms with Crippen LogP contribution in [-0.2, 0) is 11.2 Å². The van der Waals surface area contributed by atoms with Gasteiger partial charge < -0.3 is 30.2 Å². The molecular formula is C18H19NO5. The number of phenols is 2. The predicted molar refractivity (Wildman–Crippen MR) is 83.8 cm³/mol. The second-order valence-electron chi connectivity index (χ2n) is 6.07. The smallest absolute Gasteiger partial charge is 0.157 e. The van der Waals surface area contributed by atoms with Crippen molar-refractivity contribution in [3.8, 4) is 17.2 Å². The molecule has 2 aromatic carbocycles. The first kappa shape index (κ1) is 16.1. The summed E-state index contributed by atoms with van der Waals surface area (Å²) in [4.78, 5) is 11.4. The van der Waals surface area contributed by atoms with E-state index in [1.54, 1.807) is 12.4 Å². The van der Waals surface area contributed by atoms with Crippen LogP contribution in [0.3, 0.4) is 0 Å². The number of rotatable bonds is 3. The van der Waals surface area contributed by atoms with Crippen molar-refractivity contribution in [2.45, 2.75) is 25.4 Å². The molecule has 6 nitrogen and oxygen atoms in total. The number of nitrogens with two attached hydrogens (primary N) is 1. The number of carbonyl (C=O) groups is 1. The van der Waals surface area contributed by atoms with Crippen molar-refractivity contribution >= 4 is 5.97 Å². The van der Waals surface area contributed by atoms with Gasteiger partial charge in [0.2, 0.25) is 0 Å². The molecular weight excluding hydrogens is 310 g/mol. The van der Waals surface area contributed by atoms with E-state index in [0.717, 1.165) is 22.4 Å². The first-order valence-corrected chi connectivity index (χ1v) is 7.66. The standard InChI is InChI=1S/C18H19NO5/c1-9-5-10(3-4-16(9)24-2)17-12-8-15(21)14(20)7-11(12)6-13(19-17)18(22)23/h3-5,7-8,13,17,19-21H,6H2,1-2H3,(H,22,23)/t13-,17-/m1/s1. The van der Waals surface area contributed by atoms with Crippen LogP contribution in [0.1, 0.15) is 28.3 Å². The number of hydrogen-bond donors (Lipinski definition) is 3. The van der Waals surface area contributed by atoms with E-state index in [1.807, 2.05) is 25.1 Å². The molecule has 0 aliphatic carbocycles. The molecule has 0 saturated heterocycles. The lowest BCUT2D eigenvalue weighted by molar-refractivity contribution is -0.716. The topological polar surface area (TPSA) is 106 Å². The summed E-state index contributed by atoms with van der Waals surface area (Å²) in [5.41, 5.74) is 3.31. The van der Waals surface area contributed by atoms with Gasteiger partial charge in [-0.15, -0.1) is 0 Å². The second-order valence-corrected chi connectivity index (χ2v) is 6.07. The summed E-state index contributed by atoms with van der Waals surface area (Å²) < 4.78 is 5.26. The molecule has 4 N–H and O–H groups in total. The minimum atomic E-state index is -1.15. The van der Waals surface area contributed by atoms with Crippen molar-refractivity contribution in [3.63, 3.8) is 0 Å². The van der Waals surface area contributed by atoms with Crippen LogP contribution in [0.4, 0.5) is 0 Å². The summed E-state index contributed by atoms with van der Waals surface area (Å²) in [7, 11) is 1.59. The number of carboxylic acids is 1. The Kier molecular flexibility index (Phi) is 4.07. The highest BCUT2D eigenvalue weighted by atomic mass is 16.5. The molecule has 6 heteroatoms. The van der Waals surface area contributed by atoms with E-state index in [0.29, 0.717) is 5.56 Å². The molecule has 3 rings (SSSR count). The minimum Gasteiger partial charge on any atom is -0.544 e. The maximum atomic E-state index is 11.4. The Balaban J connectivity index is 2.11. The highest BCUT2D eigenvalue weighted by Gasteiger charge is 2.33. The van der Waals surface area contributed by atoms with E-state index in [9.17, 15) is 20.1 Å². The first-order valence-electron chi connectivity index (χ1n) is 7.66. The Morgan fingerprint density at radius 2 is 1.96 bits per heavy atom. The average Bonchev–Trinajstić information content (AvgIpc) is 2.55. The monoisotopic (exact) mass is 329 g/mol. The van der Waals surface area contributed by atoms with Crippen LogP contribution < -0.4 is 15.2 Å². The molecule has 0 amide bonds. The van der Waals surface area contributed by atoms with Gasteiger partial charge in [0.05, 0.1) is 13.1 Å². The number of phenolic OH excluding ortho intramolecular Hbond substituents is 2. The number of fused-ring (bicyclic) bond motifs is 1. The van der Waals surface area contributed by atoms with Gasteiger partial charge in [-0.25, -0.2) is 0 Å². The van der Waals surface area contributed by atoms with Crippen LogP contribution >= 0.6 is 0 Å². The lowest BCUT2D eigenvalue weighted by Crippen LogP contribution is -2.95. The largest absolute Gasteiger partial charge is 0.544 e. The number of ether oxygens (including phenoxy) is 1. The summed E-state index contributed by atoms with van der Waals surface area (Å²) in [6.45, 7) is 1.91. The Labute approximate surface area is 139 Å². The van der Waals surface area contributed by atoms with Crippen molar-refractivity contribution in [1.82, 2.24) is 0 Å². The van der Waals surface area contributed by atoms with Gasteiger partial charge in [-0.2, -0.15) is 0 Å². The van der Waals surface area contributed by atoms with Crippen LogP contribution in [0.15, 0.2) is 30.3 Å². The summed E-state index contributed by atoms with van der Waals surface area (Å²) in [6.07, 6.45) is 0.233. The first-order chi connectivity index (χ1) is 11.4. The quantitative estimate of drug-likeness (QED) is 0.673. The van der Waals surface area contributed by atoms with Gasteiger partial charge in [0.25, 0.3) is 0 Å². The fourth-order valence-corrected chi connectivity index (χ4v) is 3.29. The molecule has 1 heterocycles. The molecule has 0 aromatic heterocycles. The fraction of sp³-hybridized carbons (Fsp3) is 0.278. The number of benzene rings is 2. The zero-order valence-corrected chi connectivity index (χ0v) is 13.4. The highest BCUT2D eigenvalue weighted by molar-refractivity contribution is 5.70. The number of carboxylic acid groups (broad SMARTS) is 1. The van der Waals surface area contributed by atoms with Gasteiger partial charge >= 0.3 is 0 Å².